The van der Waals surface area contributed by atoms with Gasteiger partial charge in [0.2, 0.25) is 5.91 Å². The molecule has 0 fully saturated rings. The number of aromatic amines is 1. The zero-order chi connectivity index (χ0) is 20.8. The average Bonchev–Trinajstić information content (AvgIpc) is 3.16. The van der Waals surface area contributed by atoms with Crippen molar-refractivity contribution in [3.05, 3.63) is 70.9 Å². The summed E-state index contributed by atoms with van der Waals surface area (Å²) in [5.41, 5.74) is 1.85. The van der Waals surface area contributed by atoms with Crippen LogP contribution in [0.3, 0.4) is 0 Å². The van der Waals surface area contributed by atoms with Gasteiger partial charge in [0.15, 0.2) is 0 Å². The number of fused-ring (bicyclic) bond motifs is 1. The van der Waals surface area contributed by atoms with Crippen molar-refractivity contribution in [3.63, 3.8) is 0 Å². The number of benzene rings is 2. The molecule has 2 amide bonds. The minimum atomic E-state index is -1.38. The molecule has 152 valence electrons. The van der Waals surface area contributed by atoms with Crippen molar-refractivity contribution in [3.8, 4) is 0 Å². The topological polar surface area (TPSA) is 114 Å². The number of hydrogen-bond donors (Lipinski definition) is 5. The van der Waals surface area contributed by atoms with E-state index >= 15 is 0 Å². The molecule has 0 bridgehead atoms. The number of H-pyrrole nitrogens is 1. The standard InChI is InChI=1S/C21H22ClN3O4/c22-15-6-7-17-14(10-15)11-18(25-17)20(28)24-12-16(13-4-2-1-3-5-13)19(27)21(29)23-8-9-26/h1-7,10-11,16,19,25-27H,8-9,12H2,(H,23,29)(H,24,28)/t16?,19-/m1/s1. The lowest BCUT2D eigenvalue weighted by molar-refractivity contribution is -0.130. The van der Waals surface area contributed by atoms with Crippen LogP contribution in [0.2, 0.25) is 5.02 Å². The van der Waals surface area contributed by atoms with Crippen LogP contribution in [0.1, 0.15) is 22.0 Å². The van der Waals surface area contributed by atoms with Gasteiger partial charge in [0.1, 0.15) is 11.8 Å². The molecule has 7 nitrogen and oxygen atoms in total. The van der Waals surface area contributed by atoms with Crippen LogP contribution < -0.4 is 10.6 Å². The molecule has 1 heterocycles. The van der Waals surface area contributed by atoms with Gasteiger partial charge in [-0.3, -0.25) is 9.59 Å². The van der Waals surface area contributed by atoms with E-state index in [1.54, 1.807) is 48.5 Å². The summed E-state index contributed by atoms with van der Waals surface area (Å²) < 4.78 is 0. The van der Waals surface area contributed by atoms with Crippen molar-refractivity contribution >= 4 is 34.3 Å². The number of aliphatic hydroxyl groups is 2. The molecule has 2 atom stereocenters. The molecule has 1 unspecified atom stereocenters. The number of carbonyl (C=O) groups is 2. The molecular weight excluding hydrogens is 394 g/mol. The van der Waals surface area contributed by atoms with Crippen molar-refractivity contribution in [1.82, 2.24) is 15.6 Å². The minimum absolute atomic E-state index is 0.0430. The van der Waals surface area contributed by atoms with Gasteiger partial charge in [0.05, 0.1) is 6.61 Å². The third kappa shape index (κ3) is 5.14. The van der Waals surface area contributed by atoms with Crippen molar-refractivity contribution < 1.29 is 19.8 Å². The van der Waals surface area contributed by atoms with Crippen LogP contribution in [0.4, 0.5) is 0 Å². The molecule has 0 saturated carbocycles. The number of aliphatic hydroxyl groups excluding tert-OH is 2. The van der Waals surface area contributed by atoms with E-state index in [4.69, 9.17) is 16.7 Å². The van der Waals surface area contributed by atoms with Gasteiger partial charge in [-0.15, -0.1) is 0 Å². The van der Waals surface area contributed by atoms with Crippen LogP contribution >= 0.6 is 11.6 Å². The molecule has 0 saturated heterocycles. The van der Waals surface area contributed by atoms with Gasteiger partial charge in [-0.05, 0) is 29.8 Å². The Morgan fingerprint density at radius 2 is 1.83 bits per heavy atom. The van der Waals surface area contributed by atoms with Crippen LogP contribution in [0, 0.1) is 0 Å². The first-order chi connectivity index (χ1) is 14.0. The largest absolute Gasteiger partial charge is 0.395 e. The Labute approximate surface area is 172 Å². The number of amides is 2. The quantitative estimate of drug-likeness (QED) is 0.386. The Bertz CT molecular complexity index is 990. The number of nitrogens with one attached hydrogen (secondary N) is 3. The molecule has 3 rings (SSSR count). The minimum Gasteiger partial charge on any atom is -0.395 e. The van der Waals surface area contributed by atoms with E-state index in [1.165, 1.54) is 0 Å². The van der Waals surface area contributed by atoms with Gasteiger partial charge < -0.3 is 25.8 Å². The monoisotopic (exact) mass is 415 g/mol. The van der Waals surface area contributed by atoms with Crippen molar-refractivity contribution in [2.75, 3.05) is 19.7 Å². The number of rotatable bonds is 8. The zero-order valence-corrected chi connectivity index (χ0v) is 16.3. The van der Waals surface area contributed by atoms with Gasteiger partial charge in [-0.2, -0.15) is 0 Å². The summed E-state index contributed by atoms with van der Waals surface area (Å²) in [4.78, 5) is 27.8. The van der Waals surface area contributed by atoms with Crippen LogP contribution in [0.5, 0.6) is 0 Å². The van der Waals surface area contributed by atoms with Crippen LogP contribution in [-0.2, 0) is 4.79 Å². The zero-order valence-electron chi connectivity index (χ0n) is 15.6. The Balaban J connectivity index is 1.74. The third-order valence-corrected chi connectivity index (χ3v) is 4.83. The Morgan fingerprint density at radius 1 is 1.07 bits per heavy atom. The van der Waals surface area contributed by atoms with Crippen LogP contribution in [-0.4, -0.2) is 52.8 Å². The smallest absolute Gasteiger partial charge is 0.267 e. The highest BCUT2D eigenvalue weighted by Gasteiger charge is 2.28. The SMILES string of the molecule is O=C(NCC(c1ccccc1)[C@@H](O)C(=O)NCCO)c1cc2cc(Cl)ccc2[nH]1. The first-order valence-corrected chi connectivity index (χ1v) is 9.55. The molecule has 0 spiro atoms. The van der Waals surface area contributed by atoms with E-state index < -0.39 is 17.9 Å². The predicted octanol–water partition coefficient (Wildman–Crippen LogP) is 1.80. The molecule has 0 aliphatic rings. The van der Waals surface area contributed by atoms with Gasteiger partial charge in [0, 0.05) is 34.9 Å². The molecule has 8 heteroatoms. The number of carbonyl (C=O) groups excluding carboxylic acids is 2. The molecular formula is C21H22ClN3O4. The lowest BCUT2D eigenvalue weighted by Crippen LogP contribution is -2.43. The van der Waals surface area contributed by atoms with Gasteiger partial charge in [-0.25, -0.2) is 0 Å². The van der Waals surface area contributed by atoms with E-state index in [2.05, 4.69) is 15.6 Å². The number of halogens is 1. The third-order valence-electron chi connectivity index (χ3n) is 4.60. The van der Waals surface area contributed by atoms with Crippen molar-refractivity contribution in [2.24, 2.45) is 0 Å². The number of aromatic nitrogens is 1. The summed E-state index contributed by atoms with van der Waals surface area (Å²) in [7, 11) is 0. The molecule has 0 aliphatic carbocycles. The summed E-state index contributed by atoms with van der Waals surface area (Å²) in [6.45, 7) is -0.135. The molecule has 2 aromatic carbocycles. The highest BCUT2D eigenvalue weighted by Crippen LogP contribution is 2.22. The average molecular weight is 416 g/mol. The fraction of sp³-hybridized carbons (Fsp3) is 0.238. The van der Waals surface area contributed by atoms with E-state index in [0.29, 0.717) is 16.3 Å². The van der Waals surface area contributed by atoms with E-state index in [0.717, 1.165) is 10.9 Å². The Hall–Kier alpha value is -2.87. The fourth-order valence-electron chi connectivity index (χ4n) is 3.10. The highest BCUT2D eigenvalue weighted by molar-refractivity contribution is 6.31. The molecule has 0 radical (unpaired) electrons. The van der Waals surface area contributed by atoms with E-state index in [9.17, 15) is 14.7 Å². The molecule has 29 heavy (non-hydrogen) atoms. The first kappa shape index (κ1) is 20.9. The summed E-state index contributed by atoms with van der Waals surface area (Å²) in [5.74, 6) is -1.62. The van der Waals surface area contributed by atoms with Gasteiger partial charge in [-0.1, -0.05) is 41.9 Å². The van der Waals surface area contributed by atoms with Crippen LogP contribution in [0.25, 0.3) is 10.9 Å². The molecule has 3 aromatic rings. The van der Waals surface area contributed by atoms with Gasteiger partial charge in [0.25, 0.3) is 5.91 Å². The predicted molar refractivity (Wildman–Crippen MR) is 111 cm³/mol. The van der Waals surface area contributed by atoms with E-state index in [1.807, 2.05) is 6.07 Å². The maximum Gasteiger partial charge on any atom is 0.267 e. The maximum absolute atomic E-state index is 12.6. The lowest BCUT2D eigenvalue weighted by atomic mass is 9.92. The molecule has 5 N–H and O–H groups in total. The maximum atomic E-state index is 12.6. The second-order valence-corrected chi connectivity index (χ2v) is 7.04. The van der Waals surface area contributed by atoms with Crippen LogP contribution in [0.15, 0.2) is 54.6 Å². The fourth-order valence-corrected chi connectivity index (χ4v) is 3.28. The van der Waals surface area contributed by atoms with Crippen molar-refractivity contribution in [1.29, 1.82) is 0 Å². The lowest BCUT2D eigenvalue weighted by Gasteiger charge is -2.23. The number of hydrogen-bond acceptors (Lipinski definition) is 4. The van der Waals surface area contributed by atoms with Gasteiger partial charge >= 0.3 is 0 Å². The summed E-state index contributed by atoms with van der Waals surface area (Å²) in [6, 6.07) is 15.9. The molecule has 0 aliphatic heterocycles. The second-order valence-electron chi connectivity index (χ2n) is 6.60. The Kier molecular flexibility index (Phi) is 6.87. The first-order valence-electron chi connectivity index (χ1n) is 9.17. The molecule has 1 aromatic heterocycles. The summed E-state index contributed by atoms with van der Waals surface area (Å²) in [5, 5.41) is 26.0. The summed E-state index contributed by atoms with van der Waals surface area (Å²) >= 11 is 5.98. The highest BCUT2D eigenvalue weighted by atomic mass is 35.5. The summed E-state index contributed by atoms with van der Waals surface area (Å²) in [6.07, 6.45) is -1.38. The van der Waals surface area contributed by atoms with E-state index in [-0.39, 0.29) is 25.6 Å². The Morgan fingerprint density at radius 3 is 2.55 bits per heavy atom. The normalized spacial score (nSPS) is 13.1. The second kappa shape index (κ2) is 9.56. The van der Waals surface area contributed by atoms with Crippen molar-refractivity contribution in [2.45, 2.75) is 12.0 Å².